The van der Waals surface area contributed by atoms with Crippen LogP contribution >= 0.6 is 0 Å². The Bertz CT molecular complexity index is 264. The van der Waals surface area contributed by atoms with Crippen molar-refractivity contribution in [1.82, 2.24) is 4.90 Å². The van der Waals surface area contributed by atoms with E-state index in [2.05, 4.69) is 36.1 Å². The molecule has 0 aliphatic rings. The number of likely N-dealkylation sites (N-methyl/N-ethyl adjacent to an activating group) is 1. The molecule has 1 rings (SSSR count). The van der Waals surface area contributed by atoms with E-state index in [1.54, 1.807) is 0 Å². The third-order valence-electron chi connectivity index (χ3n) is 2.51. The third-order valence-corrected chi connectivity index (χ3v) is 2.51. The van der Waals surface area contributed by atoms with Gasteiger partial charge in [-0.3, -0.25) is 4.90 Å². The highest BCUT2D eigenvalue weighted by atomic mass is 16.5. The zero-order valence-electron chi connectivity index (χ0n) is 10.1. The van der Waals surface area contributed by atoms with Crippen LogP contribution in [0.4, 0.5) is 0 Å². The van der Waals surface area contributed by atoms with Crippen LogP contribution < -0.4 is 5.73 Å². The van der Waals surface area contributed by atoms with Crippen LogP contribution in [-0.2, 0) is 11.3 Å². The minimum Gasteiger partial charge on any atom is -0.379 e. The fourth-order valence-corrected chi connectivity index (χ4v) is 1.57. The van der Waals surface area contributed by atoms with Crippen LogP contribution in [0.2, 0.25) is 0 Å². The summed E-state index contributed by atoms with van der Waals surface area (Å²) in [5.74, 6) is 0. The number of rotatable bonds is 8. The first-order valence-corrected chi connectivity index (χ1v) is 5.91. The Morgan fingerprint density at radius 1 is 1.19 bits per heavy atom. The normalized spacial score (nSPS) is 10.9. The number of nitrogens with zero attached hydrogens (tertiary/aromatic N) is 1. The number of benzene rings is 1. The molecule has 0 fully saturated rings. The lowest BCUT2D eigenvalue weighted by molar-refractivity contribution is 0.108. The summed E-state index contributed by atoms with van der Waals surface area (Å²) in [6.07, 6.45) is 0. The minimum absolute atomic E-state index is 0.602. The van der Waals surface area contributed by atoms with E-state index in [-0.39, 0.29) is 0 Å². The smallest absolute Gasteiger partial charge is 0.0594 e. The maximum atomic E-state index is 5.39. The van der Waals surface area contributed by atoms with Gasteiger partial charge in [-0.25, -0.2) is 0 Å². The molecule has 0 radical (unpaired) electrons. The van der Waals surface area contributed by atoms with Crippen molar-refractivity contribution in [2.45, 2.75) is 13.5 Å². The Labute approximate surface area is 98.2 Å². The number of hydrogen-bond donors (Lipinski definition) is 1. The first-order valence-electron chi connectivity index (χ1n) is 5.91. The molecule has 0 spiro atoms. The molecule has 0 bridgehead atoms. The van der Waals surface area contributed by atoms with Crippen molar-refractivity contribution in [2.24, 2.45) is 5.73 Å². The molecule has 16 heavy (non-hydrogen) atoms. The van der Waals surface area contributed by atoms with Gasteiger partial charge in [0.15, 0.2) is 0 Å². The molecular weight excluding hydrogens is 200 g/mol. The zero-order valence-corrected chi connectivity index (χ0v) is 10.1. The second kappa shape index (κ2) is 8.28. The quantitative estimate of drug-likeness (QED) is 0.677. The average molecular weight is 222 g/mol. The molecule has 0 aliphatic carbocycles. The van der Waals surface area contributed by atoms with Crippen LogP contribution in [0.25, 0.3) is 0 Å². The molecule has 0 saturated carbocycles. The highest BCUT2D eigenvalue weighted by Gasteiger charge is 2.02. The van der Waals surface area contributed by atoms with Crippen molar-refractivity contribution in [3.05, 3.63) is 35.9 Å². The fraction of sp³-hybridized carbons (Fsp3) is 0.538. The van der Waals surface area contributed by atoms with E-state index >= 15 is 0 Å². The molecule has 0 heterocycles. The lowest BCUT2D eigenvalue weighted by Gasteiger charge is -2.20. The van der Waals surface area contributed by atoms with Crippen molar-refractivity contribution in [1.29, 1.82) is 0 Å². The van der Waals surface area contributed by atoms with Gasteiger partial charge in [-0.15, -0.1) is 0 Å². The van der Waals surface area contributed by atoms with Crippen molar-refractivity contribution in [3.8, 4) is 0 Å². The van der Waals surface area contributed by atoms with E-state index < -0.39 is 0 Å². The predicted octanol–water partition coefficient (Wildman–Crippen LogP) is 1.48. The zero-order chi connectivity index (χ0) is 11.6. The molecular formula is C13H22N2O. The summed E-state index contributed by atoms with van der Waals surface area (Å²) in [5.41, 5.74) is 6.71. The van der Waals surface area contributed by atoms with Gasteiger partial charge < -0.3 is 10.5 Å². The van der Waals surface area contributed by atoms with Gasteiger partial charge in [0.05, 0.1) is 13.2 Å². The Morgan fingerprint density at radius 2 is 1.94 bits per heavy atom. The molecule has 0 amide bonds. The second-order valence-corrected chi connectivity index (χ2v) is 3.76. The van der Waals surface area contributed by atoms with Crippen molar-refractivity contribution >= 4 is 0 Å². The van der Waals surface area contributed by atoms with Gasteiger partial charge >= 0.3 is 0 Å². The fourth-order valence-electron chi connectivity index (χ4n) is 1.57. The minimum atomic E-state index is 0.602. The van der Waals surface area contributed by atoms with Crippen molar-refractivity contribution in [3.63, 3.8) is 0 Å². The average Bonchev–Trinajstić information content (AvgIpc) is 2.34. The van der Waals surface area contributed by atoms with Gasteiger partial charge in [0, 0.05) is 19.6 Å². The van der Waals surface area contributed by atoms with Crippen molar-refractivity contribution in [2.75, 3.05) is 32.8 Å². The molecule has 0 aliphatic heterocycles. The van der Waals surface area contributed by atoms with Gasteiger partial charge in [0.25, 0.3) is 0 Å². The van der Waals surface area contributed by atoms with Gasteiger partial charge in [-0.1, -0.05) is 37.3 Å². The predicted molar refractivity (Wildman–Crippen MR) is 67.3 cm³/mol. The van der Waals surface area contributed by atoms with E-state index in [4.69, 9.17) is 10.5 Å². The van der Waals surface area contributed by atoms with Crippen LogP contribution in [0.15, 0.2) is 30.3 Å². The van der Waals surface area contributed by atoms with Crippen LogP contribution in [0.5, 0.6) is 0 Å². The monoisotopic (exact) mass is 222 g/mol. The van der Waals surface area contributed by atoms with Crippen LogP contribution in [0.1, 0.15) is 12.5 Å². The van der Waals surface area contributed by atoms with E-state index in [1.807, 2.05) is 6.07 Å². The highest BCUT2D eigenvalue weighted by molar-refractivity contribution is 5.14. The van der Waals surface area contributed by atoms with Crippen molar-refractivity contribution < 1.29 is 4.74 Å². The summed E-state index contributed by atoms with van der Waals surface area (Å²) < 4.78 is 5.39. The lowest BCUT2D eigenvalue weighted by atomic mass is 10.2. The topological polar surface area (TPSA) is 38.5 Å². The Kier molecular flexibility index (Phi) is 6.81. The summed E-state index contributed by atoms with van der Waals surface area (Å²) in [5, 5.41) is 0. The second-order valence-electron chi connectivity index (χ2n) is 3.76. The molecule has 0 saturated heterocycles. The molecule has 0 atom stereocenters. The molecule has 2 N–H and O–H groups in total. The van der Waals surface area contributed by atoms with Gasteiger partial charge in [0.1, 0.15) is 0 Å². The van der Waals surface area contributed by atoms with Gasteiger partial charge in [-0.05, 0) is 12.1 Å². The molecule has 3 heteroatoms. The molecule has 1 aromatic carbocycles. The third kappa shape index (κ3) is 5.26. The summed E-state index contributed by atoms with van der Waals surface area (Å²) in [6.45, 7) is 7.19. The number of nitrogens with two attached hydrogens (primary N) is 1. The largest absolute Gasteiger partial charge is 0.379 e. The van der Waals surface area contributed by atoms with Crippen LogP contribution in [0, 0.1) is 0 Å². The number of ether oxygens (including phenoxy) is 1. The maximum Gasteiger partial charge on any atom is 0.0594 e. The molecule has 90 valence electrons. The summed E-state index contributed by atoms with van der Waals surface area (Å²) >= 11 is 0. The Balaban J connectivity index is 2.26. The Morgan fingerprint density at radius 3 is 2.56 bits per heavy atom. The first-order chi connectivity index (χ1) is 7.86. The van der Waals surface area contributed by atoms with Gasteiger partial charge in [0.2, 0.25) is 0 Å². The van der Waals surface area contributed by atoms with Crippen LogP contribution in [-0.4, -0.2) is 37.7 Å². The molecule has 0 aromatic heterocycles. The molecule has 0 unspecified atom stereocenters. The molecule has 3 nitrogen and oxygen atoms in total. The molecule has 1 aromatic rings. The van der Waals surface area contributed by atoms with Gasteiger partial charge in [-0.2, -0.15) is 0 Å². The lowest BCUT2D eigenvalue weighted by Crippen LogP contribution is -2.27. The van der Waals surface area contributed by atoms with Crippen LogP contribution in [0.3, 0.4) is 0 Å². The SMILES string of the molecule is CCN(CCOCCN)Cc1ccccc1. The summed E-state index contributed by atoms with van der Waals surface area (Å²) in [7, 11) is 0. The summed E-state index contributed by atoms with van der Waals surface area (Å²) in [4.78, 5) is 2.37. The van der Waals surface area contributed by atoms with E-state index in [9.17, 15) is 0 Å². The standard InChI is InChI=1S/C13H22N2O/c1-2-15(9-11-16-10-8-14)12-13-6-4-3-5-7-13/h3-7H,2,8-12,14H2,1H3. The number of hydrogen-bond acceptors (Lipinski definition) is 3. The van der Waals surface area contributed by atoms with E-state index in [1.165, 1.54) is 5.56 Å². The summed E-state index contributed by atoms with van der Waals surface area (Å²) in [6, 6.07) is 10.5. The Hall–Kier alpha value is -0.900. The first kappa shape index (κ1) is 13.2. The highest BCUT2D eigenvalue weighted by Crippen LogP contribution is 2.03. The maximum absolute atomic E-state index is 5.39. The van der Waals surface area contributed by atoms with E-state index in [0.717, 1.165) is 26.2 Å². The van der Waals surface area contributed by atoms with E-state index in [0.29, 0.717) is 13.2 Å².